The molecule has 1 saturated heterocycles. The van der Waals surface area contributed by atoms with Crippen LogP contribution in [0.2, 0.25) is 0 Å². The third kappa shape index (κ3) is 7.22. The van der Waals surface area contributed by atoms with E-state index in [1.54, 1.807) is 30.1 Å². The standard InChI is InChI=1S/C24H36N6O3S.ClH/c1-26-24(25)27-15-9-12-20(23(31)30-16-5-4-6-17-30)28-34(32,33)22-14-8-10-18-19(22)11-7-13-21(18)29(2)3;/h7-8,10-11,13-14,20,28H,4-6,9,12,15-17H2,1-3H3,(H3,25,26,27);1H. The fraction of sp³-hybridized carbons (Fsp3) is 0.500. The van der Waals surface area contributed by atoms with E-state index in [1.165, 1.54) is 0 Å². The van der Waals surface area contributed by atoms with E-state index < -0.39 is 16.1 Å². The molecular formula is C24H37ClN6O3S. The van der Waals surface area contributed by atoms with E-state index in [2.05, 4.69) is 15.0 Å². The Morgan fingerprint density at radius 2 is 1.77 bits per heavy atom. The number of fused-ring (bicyclic) bond motifs is 1. The van der Waals surface area contributed by atoms with Crippen molar-refractivity contribution in [3.05, 3.63) is 36.4 Å². The molecule has 0 aromatic heterocycles. The molecule has 3 rings (SSSR count). The number of carbonyl (C=O) groups excluding carboxylic acids is 1. The number of hydrogen-bond donors (Lipinski definition) is 3. The highest BCUT2D eigenvalue weighted by Gasteiger charge is 2.30. The van der Waals surface area contributed by atoms with Crippen LogP contribution in [-0.4, -0.2) is 72.0 Å². The summed E-state index contributed by atoms with van der Waals surface area (Å²) in [6.45, 7) is 1.81. The van der Waals surface area contributed by atoms with Crippen molar-refractivity contribution >= 4 is 50.8 Å². The molecule has 194 valence electrons. The molecule has 35 heavy (non-hydrogen) atoms. The van der Waals surface area contributed by atoms with Gasteiger partial charge in [0.15, 0.2) is 5.96 Å². The fourth-order valence-electron chi connectivity index (χ4n) is 4.31. The molecule has 0 aliphatic carbocycles. The van der Waals surface area contributed by atoms with E-state index in [0.29, 0.717) is 43.8 Å². The van der Waals surface area contributed by atoms with Crippen molar-refractivity contribution in [3.8, 4) is 0 Å². The van der Waals surface area contributed by atoms with Crippen LogP contribution < -0.4 is 20.7 Å². The SMILES string of the molecule is CN=C(N)NCCCC(NS(=O)(=O)c1cccc2c(N(C)C)cccc12)C(=O)N1CCCCC1.Cl. The molecule has 0 bridgehead atoms. The number of guanidine groups is 1. The smallest absolute Gasteiger partial charge is 0.241 e. The summed E-state index contributed by atoms with van der Waals surface area (Å²) in [5, 5.41) is 4.43. The number of benzene rings is 2. The second-order valence-corrected chi connectivity index (χ2v) is 10.4. The molecule has 0 saturated carbocycles. The molecule has 1 heterocycles. The first-order valence-electron chi connectivity index (χ1n) is 11.7. The van der Waals surface area contributed by atoms with Gasteiger partial charge in [-0.15, -0.1) is 12.4 Å². The Hall–Kier alpha value is -2.56. The van der Waals surface area contributed by atoms with Gasteiger partial charge in [0.05, 0.1) is 4.90 Å². The van der Waals surface area contributed by atoms with Crippen LogP contribution >= 0.6 is 12.4 Å². The molecule has 1 aliphatic rings. The summed E-state index contributed by atoms with van der Waals surface area (Å²) in [7, 11) is 1.48. The minimum absolute atomic E-state index is 0. The van der Waals surface area contributed by atoms with Crippen LogP contribution in [0.4, 0.5) is 5.69 Å². The van der Waals surface area contributed by atoms with Crippen LogP contribution in [0.15, 0.2) is 46.3 Å². The number of aliphatic imine (C=N–C) groups is 1. The quantitative estimate of drug-likeness (QED) is 0.263. The molecular weight excluding hydrogens is 488 g/mol. The molecule has 4 N–H and O–H groups in total. The van der Waals surface area contributed by atoms with Crippen molar-refractivity contribution in [3.63, 3.8) is 0 Å². The lowest BCUT2D eigenvalue weighted by atomic mass is 10.1. The van der Waals surface area contributed by atoms with Gasteiger partial charge in [0.1, 0.15) is 6.04 Å². The summed E-state index contributed by atoms with van der Waals surface area (Å²) < 4.78 is 29.9. The highest BCUT2D eigenvalue weighted by Crippen LogP contribution is 2.30. The predicted octanol–water partition coefficient (Wildman–Crippen LogP) is 2.30. The lowest BCUT2D eigenvalue weighted by molar-refractivity contribution is -0.134. The van der Waals surface area contributed by atoms with Gasteiger partial charge in [0, 0.05) is 57.2 Å². The molecule has 11 heteroatoms. The van der Waals surface area contributed by atoms with Gasteiger partial charge in [-0.2, -0.15) is 4.72 Å². The van der Waals surface area contributed by atoms with Crippen LogP contribution in [0.5, 0.6) is 0 Å². The number of piperidine rings is 1. The van der Waals surface area contributed by atoms with Crippen molar-refractivity contribution in [1.29, 1.82) is 0 Å². The average Bonchev–Trinajstić information content (AvgIpc) is 2.84. The summed E-state index contributed by atoms with van der Waals surface area (Å²) in [4.78, 5) is 21.1. The first-order chi connectivity index (χ1) is 16.2. The maximum Gasteiger partial charge on any atom is 0.241 e. The molecule has 1 amide bonds. The Morgan fingerprint density at radius 1 is 1.11 bits per heavy atom. The van der Waals surface area contributed by atoms with Crippen LogP contribution in [0, 0.1) is 0 Å². The molecule has 2 aromatic rings. The average molecular weight is 525 g/mol. The second kappa shape index (κ2) is 12.9. The number of rotatable bonds is 9. The number of carbonyl (C=O) groups is 1. The minimum Gasteiger partial charge on any atom is -0.377 e. The van der Waals surface area contributed by atoms with Gasteiger partial charge in [0.25, 0.3) is 0 Å². The van der Waals surface area contributed by atoms with Crippen LogP contribution in [0.1, 0.15) is 32.1 Å². The molecule has 2 aromatic carbocycles. The van der Waals surface area contributed by atoms with Crippen LogP contribution in [-0.2, 0) is 14.8 Å². The van der Waals surface area contributed by atoms with E-state index in [9.17, 15) is 13.2 Å². The van der Waals surface area contributed by atoms with Gasteiger partial charge in [-0.05, 0) is 44.2 Å². The van der Waals surface area contributed by atoms with E-state index in [0.717, 1.165) is 30.3 Å². The van der Waals surface area contributed by atoms with Crippen molar-refractivity contribution in [2.45, 2.75) is 43.0 Å². The van der Waals surface area contributed by atoms with Gasteiger partial charge in [-0.3, -0.25) is 9.79 Å². The minimum atomic E-state index is -3.96. The van der Waals surface area contributed by atoms with Gasteiger partial charge >= 0.3 is 0 Å². The van der Waals surface area contributed by atoms with E-state index >= 15 is 0 Å². The van der Waals surface area contributed by atoms with E-state index in [1.807, 2.05) is 37.2 Å². The monoisotopic (exact) mass is 524 g/mol. The summed E-state index contributed by atoms with van der Waals surface area (Å²) in [6.07, 6.45) is 3.87. The first-order valence-corrected chi connectivity index (χ1v) is 13.2. The number of nitrogens with two attached hydrogens (primary N) is 1. The molecule has 1 atom stereocenters. The lowest BCUT2D eigenvalue weighted by Crippen LogP contribution is -2.50. The van der Waals surface area contributed by atoms with Gasteiger partial charge < -0.3 is 20.9 Å². The number of sulfonamides is 1. The van der Waals surface area contributed by atoms with E-state index in [-0.39, 0.29) is 23.2 Å². The van der Waals surface area contributed by atoms with Crippen molar-refractivity contribution in [2.75, 3.05) is 45.7 Å². The van der Waals surface area contributed by atoms with Crippen molar-refractivity contribution < 1.29 is 13.2 Å². The highest BCUT2D eigenvalue weighted by molar-refractivity contribution is 7.89. The normalized spacial score (nSPS) is 15.4. The lowest BCUT2D eigenvalue weighted by Gasteiger charge is -2.31. The highest BCUT2D eigenvalue weighted by atomic mass is 35.5. The Balaban J connectivity index is 0.00000432. The molecule has 1 unspecified atom stereocenters. The summed E-state index contributed by atoms with van der Waals surface area (Å²) in [6, 6.07) is 9.98. The van der Waals surface area contributed by atoms with Gasteiger partial charge in [-0.1, -0.05) is 24.3 Å². The number of halogens is 1. The maximum atomic E-state index is 13.6. The predicted molar refractivity (Wildman–Crippen MR) is 145 cm³/mol. The zero-order valence-corrected chi connectivity index (χ0v) is 22.3. The number of likely N-dealkylation sites (tertiary alicyclic amines) is 1. The fourth-order valence-corrected chi connectivity index (χ4v) is 5.75. The number of hydrogen-bond acceptors (Lipinski definition) is 5. The van der Waals surface area contributed by atoms with Crippen LogP contribution in [0.3, 0.4) is 0 Å². The zero-order valence-electron chi connectivity index (χ0n) is 20.7. The second-order valence-electron chi connectivity index (χ2n) is 8.76. The summed E-state index contributed by atoms with van der Waals surface area (Å²) in [5.41, 5.74) is 6.61. The largest absolute Gasteiger partial charge is 0.377 e. The summed E-state index contributed by atoms with van der Waals surface area (Å²) >= 11 is 0. The maximum absolute atomic E-state index is 13.6. The number of amides is 1. The summed E-state index contributed by atoms with van der Waals surface area (Å²) in [5.74, 6) is 0.140. The number of nitrogens with one attached hydrogen (secondary N) is 2. The third-order valence-corrected chi connectivity index (χ3v) is 7.64. The first kappa shape index (κ1) is 28.7. The Morgan fingerprint density at radius 3 is 2.43 bits per heavy atom. The van der Waals surface area contributed by atoms with Gasteiger partial charge in [0.2, 0.25) is 15.9 Å². The number of nitrogens with zero attached hydrogens (tertiary/aromatic N) is 3. The Labute approximate surface area is 214 Å². The Bertz CT molecular complexity index is 1130. The zero-order chi connectivity index (χ0) is 24.7. The molecule has 9 nitrogen and oxygen atoms in total. The number of anilines is 1. The van der Waals surface area contributed by atoms with E-state index in [4.69, 9.17) is 5.73 Å². The van der Waals surface area contributed by atoms with Gasteiger partial charge in [-0.25, -0.2) is 8.42 Å². The third-order valence-electron chi connectivity index (χ3n) is 6.11. The molecule has 0 spiro atoms. The molecule has 1 fully saturated rings. The van der Waals surface area contributed by atoms with Crippen molar-refractivity contribution in [2.24, 2.45) is 10.7 Å². The topological polar surface area (TPSA) is 120 Å². The Kier molecular flexibility index (Phi) is 10.6. The molecule has 0 radical (unpaired) electrons. The molecule has 1 aliphatic heterocycles. The van der Waals surface area contributed by atoms with Crippen LogP contribution in [0.25, 0.3) is 10.8 Å². The van der Waals surface area contributed by atoms with Crippen molar-refractivity contribution in [1.82, 2.24) is 14.9 Å².